The third-order valence-electron chi connectivity index (χ3n) is 1.40. The summed E-state index contributed by atoms with van der Waals surface area (Å²) >= 11 is 4.65. The largest absolute Gasteiger partial charge is 0.468 e. The van der Waals surface area contributed by atoms with Gasteiger partial charge in [0.1, 0.15) is 4.99 Å². The van der Waals surface area contributed by atoms with Crippen molar-refractivity contribution in [3.05, 3.63) is 23.9 Å². The molecule has 1 aromatic heterocycles. The van der Waals surface area contributed by atoms with E-state index in [4.69, 9.17) is 5.73 Å². The van der Waals surface area contributed by atoms with Crippen LogP contribution in [-0.4, -0.2) is 22.8 Å². The topological polar surface area (TPSA) is 48.1 Å². The molecule has 3 nitrogen and oxygen atoms in total. The lowest BCUT2D eigenvalue weighted by atomic mass is 10.3. The van der Waals surface area contributed by atoms with Crippen LogP contribution in [0.15, 0.2) is 18.3 Å². The number of pyridine rings is 1. The predicted molar refractivity (Wildman–Crippen MR) is 51.7 cm³/mol. The highest BCUT2D eigenvalue weighted by Crippen LogP contribution is 2.16. The van der Waals surface area contributed by atoms with Crippen LogP contribution < -0.4 is 10.5 Å². The molecule has 0 aromatic carbocycles. The smallest absolute Gasteiger partial charge is 0.422 e. The van der Waals surface area contributed by atoms with Crippen molar-refractivity contribution in [3.63, 3.8) is 0 Å². The van der Waals surface area contributed by atoms with Crippen LogP contribution in [0.5, 0.6) is 5.88 Å². The van der Waals surface area contributed by atoms with Crippen LogP contribution in [-0.2, 0) is 0 Å². The summed E-state index contributed by atoms with van der Waals surface area (Å²) in [6.07, 6.45) is -3.11. The van der Waals surface area contributed by atoms with E-state index in [1.165, 1.54) is 18.3 Å². The van der Waals surface area contributed by atoms with Crippen LogP contribution >= 0.6 is 12.2 Å². The molecule has 15 heavy (non-hydrogen) atoms. The lowest BCUT2D eigenvalue weighted by Crippen LogP contribution is -2.19. The molecule has 0 aliphatic rings. The Morgan fingerprint density at radius 3 is 2.53 bits per heavy atom. The second-order valence-electron chi connectivity index (χ2n) is 2.65. The third-order valence-corrected chi connectivity index (χ3v) is 1.64. The summed E-state index contributed by atoms with van der Waals surface area (Å²) in [6, 6.07) is 2.72. The summed E-state index contributed by atoms with van der Waals surface area (Å²) < 4.78 is 39.7. The first-order valence-corrected chi connectivity index (χ1v) is 4.25. The van der Waals surface area contributed by atoms with Crippen LogP contribution in [0.25, 0.3) is 0 Å². The fourth-order valence-electron chi connectivity index (χ4n) is 0.767. The lowest BCUT2D eigenvalue weighted by Gasteiger charge is -2.08. The Bertz CT molecular complexity index is 350. The first-order valence-electron chi connectivity index (χ1n) is 3.84. The minimum Gasteiger partial charge on any atom is -0.468 e. The number of alkyl halides is 3. The van der Waals surface area contributed by atoms with E-state index in [0.29, 0.717) is 5.56 Å². The Morgan fingerprint density at radius 1 is 1.47 bits per heavy atom. The molecule has 0 saturated heterocycles. The molecule has 0 fully saturated rings. The van der Waals surface area contributed by atoms with E-state index in [2.05, 4.69) is 21.9 Å². The molecule has 0 bridgehead atoms. The van der Waals surface area contributed by atoms with E-state index in [9.17, 15) is 13.2 Å². The van der Waals surface area contributed by atoms with Gasteiger partial charge in [-0.25, -0.2) is 4.98 Å². The van der Waals surface area contributed by atoms with Crippen molar-refractivity contribution in [2.75, 3.05) is 6.61 Å². The van der Waals surface area contributed by atoms with Gasteiger partial charge in [-0.1, -0.05) is 12.2 Å². The van der Waals surface area contributed by atoms with Crippen molar-refractivity contribution >= 4 is 17.2 Å². The first-order chi connectivity index (χ1) is 6.88. The highest BCUT2D eigenvalue weighted by Gasteiger charge is 2.28. The SMILES string of the molecule is NC(=S)c1ccc(OCC(F)(F)F)nc1. The monoisotopic (exact) mass is 236 g/mol. The molecule has 82 valence electrons. The summed E-state index contributed by atoms with van der Waals surface area (Å²) in [5.74, 6) is -0.118. The maximum Gasteiger partial charge on any atom is 0.422 e. The first kappa shape index (κ1) is 11.7. The minimum absolute atomic E-state index is 0.118. The van der Waals surface area contributed by atoms with Gasteiger partial charge < -0.3 is 10.5 Å². The van der Waals surface area contributed by atoms with E-state index in [0.717, 1.165) is 0 Å². The quantitative estimate of drug-likeness (QED) is 0.811. The predicted octanol–water partition coefficient (Wildman–Crippen LogP) is 1.66. The molecule has 1 aromatic rings. The molecule has 0 unspecified atom stereocenters. The highest BCUT2D eigenvalue weighted by atomic mass is 32.1. The summed E-state index contributed by atoms with van der Waals surface area (Å²) in [7, 11) is 0. The van der Waals surface area contributed by atoms with Crippen LogP contribution in [0.4, 0.5) is 13.2 Å². The molecule has 0 aliphatic carbocycles. The zero-order chi connectivity index (χ0) is 11.5. The molecule has 0 atom stereocenters. The Balaban J connectivity index is 2.61. The van der Waals surface area contributed by atoms with Gasteiger partial charge in [0.05, 0.1) is 0 Å². The zero-order valence-corrected chi connectivity index (χ0v) is 8.23. The summed E-state index contributed by atoms with van der Waals surface area (Å²) in [6.45, 7) is -1.37. The highest BCUT2D eigenvalue weighted by molar-refractivity contribution is 7.80. The standard InChI is InChI=1S/C8H7F3N2OS/c9-8(10,11)4-14-6-2-1-5(3-13-6)7(12)15/h1-3H,4H2,(H2,12,15). The average molecular weight is 236 g/mol. The second-order valence-corrected chi connectivity index (χ2v) is 3.09. The van der Waals surface area contributed by atoms with Gasteiger partial charge in [-0.15, -0.1) is 0 Å². The molecule has 2 N–H and O–H groups in total. The van der Waals surface area contributed by atoms with E-state index < -0.39 is 12.8 Å². The Kier molecular flexibility index (Phi) is 3.46. The normalized spacial score (nSPS) is 11.1. The fraction of sp³-hybridized carbons (Fsp3) is 0.250. The van der Waals surface area contributed by atoms with Gasteiger partial charge in [-0.3, -0.25) is 0 Å². The molecule has 0 amide bonds. The summed E-state index contributed by atoms with van der Waals surface area (Å²) in [5, 5.41) is 0. The van der Waals surface area contributed by atoms with Crippen molar-refractivity contribution in [1.29, 1.82) is 0 Å². The number of hydrogen-bond acceptors (Lipinski definition) is 3. The minimum atomic E-state index is -4.37. The van der Waals surface area contributed by atoms with E-state index in [1.807, 2.05) is 0 Å². The van der Waals surface area contributed by atoms with Gasteiger partial charge in [0, 0.05) is 17.8 Å². The lowest BCUT2D eigenvalue weighted by molar-refractivity contribution is -0.154. The molecule has 0 aliphatic heterocycles. The number of thiocarbonyl (C=S) groups is 1. The Hall–Kier alpha value is -1.37. The number of nitrogens with zero attached hydrogens (tertiary/aromatic N) is 1. The van der Waals surface area contributed by atoms with Gasteiger partial charge in [0.25, 0.3) is 0 Å². The zero-order valence-electron chi connectivity index (χ0n) is 7.41. The van der Waals surface area contributed by atoms with Crippen LogP contribution in [0, 0.1) is 0 Å². The van der Waals surface area contributed by atoms with Crippen molar-refractivity contribution < 1.29 is 17.9 Å². The maximum absolute atomic E-state index is 11.8. The van der Waals surface area contributed by atoms with Gasteiger partial charge in [-0.05, 0) is 6.07 Å². The number of hydrogen-bond donors (Lipinski definition) is 1. The average Bonchev–Trinajstić information content (AvgIpc) is 2.14. The summed E-state index contributed by atoms with van der Waals surface area (Å²) in [4.78, 5) is 3.74. The van der Waals surface area contributed by atoms with Gasteiger partial charge >= 0.3 is 6.18 Å². The molecular weight excluding hydrogens is 229 g/mol. The van der Waals surface area contributed by atoms with E-state index in [1.54, 1.807) is 0 Å². The van der Waals surface area contributed by atoms with Crippen LogP contribution in [0.3, 0.4) is 0 Å². The molecule has 0 spiro atoms. The molecule has 0 radical (unpaired) electrons. The van der Waals surface area contributed by atoms with Gasteiger partial charge in [0.15, 0.2) is 6.61 Å². The van der Waals surface area contributed by atoms with Gasteiger partial charge in [-0.2, -0.15) is 13.2 Å². The number of nitrogens with two attached hydrogens (primary N) is 1. The maximum atomic E-state index is 11.8. The molecule has 7 heteroatoms. The van der Waals surface area contributed by atoms with Gasteiger partial charge in [0.2, 0.25) is 5.88 Å². The van der Waals surface area contributed by atoms with Crippen molar-refractivity contribution in [3.8, 4) is 5.88 Å². The number of aromatic nitrogens is 1. The number of ether oxygens (including phenoxy) is 1. The summed E-state index contributed by atoms with van der Waals surface area (Å²) in [5.41, 5.74) is 5.75. The van der Waals surface area contributed by atoms with E-state index in [-0.39, 0.29) is 10.9 Å². The molecule has 1 rings (SSSR count). The molecule has 1 heterocycles. The van der Waals surface area contributed by atoms with Crippen LogP contribution in [0.2, 0.25) is 0 Å². The molecular formula is C8H7F3N2OS. The Morgan fingerprint density at radius 2 is 2.13 bits per heavy atom. The second kappa shape index (κ2) is 4.43. The van der Waals surface area contributed by atoms with Crippen molar-refractivity contribution in [2.24, 2.45) is 5.73 Å². The molecule has 0 saturated carbocycles. The number of rotatable bonds is 3. The van der Waals surface area contributed by atoms with E-state index >= 15 is 0 Å². The van der Waals surface area contributed by atoms with Crippen molar-refractivity contribution in [1.82, 2.24) is 4.98 Å². The third kappa shape index (κ3) is 4.11. The van der Waals surface area contributed by atoms with Crippen LogP contribution in [0.1, 0.15) is 5.56 Å². The van der Waals surface area contributed by atoms with Crippen molar-refractivity contribution in [2.45, 2.75) is 6.18 Å². The fourth-order valence-corrected chi connectivity index (χ4v) is 0.888. The Labute approximate surface area is 89.1 Å². The number of halogens is 3.